The lowest BCUT2D eigenvalue weighted by atomic mass is 10.0. The Hall–Kier alpha value is -2.80. The molecule has 3 heterocycles. The zero-order chi connectivity index (χ0) is 18.6. The summed E-state index contributed by atoms with van der Waals surface area (Å²) in [7, 11) is 1.64. The molecule has 1 saturated heterocycles. The molecule has 2 aliphatic heterocycles. The lowest BCUT2D eigenvalue weighted by Crippen LogP contribution is -2.48. The maximum absolute atomic E-state index is 12.3. The van der Waals surface area contributed by atoms with Gasteiger partial charge in [0.15, 0.2) is 5.66 Å². The largest absolute Gasteiger partial charge is 0.377 e. The summed E-state index contributed by atoms with van der Waals surface area (Å²) in [4.78, 5) is 24.4. The number of amides is 1. The maximum atomic E-state index is 12.3. The van der Waals surface area contributed by atoms with Crippen molar-refractivity contribution < 1.29 is 9.53 Å². The van der Waals surface area contributed by atoms with Gasteiger partial charge in [-0.25, -0.2) is 9.98 Å². The van der Waals surface area contributed by atoms with E-state index in [2.05, 4.69) is 27.0 Å². The van der Waals surface area contributed by atoms with Gasteiger partial charge in [-0.05, 0) is 38.6 Å². The highest BCUT2D eigenvalue weighted by Gasteiger charge is 2.41. The molecule has 0 aliphatic carbocycles. The fraction of sp³-hybridized carbons (Fsp3) is 0.368. The summed E-state index contributed by atoms with van der Waals surface area (Å²) < 4.78 is 7.44. The van der Waals surface area contributed by atoms with Crippen LogP contribution in [0.15, 0.2) is 46.8 Å². The van der Waals surface area contributed by atoms with Crippen LogP contribution in [0.25, 0.3) is 5.69 Å². The zero-order valence-corrected chi connectivity index (χ0v) is 15.1. The van der Waals surface area contributed by atoms with Crippen LogP contribution >= 0.6 is 0 Å². The van der Waals surface area contributed by atoms with Crippen LogP contribution in [0.5, 0.6) is 0 Å². The van der Waals surface area contributed by atoms with Crippen LogP contribution in [0, 0.1) is 6.92 Å². The molecule has 4 rings (SSSR count). The quantitative estimate of drug-likeness (QED) is 0.838. The molecule has 7 heteroatoms. The van der Waals surface area contributed by atoms with Gasteiger partial charge in [0.1, 0.15) is 5.71 Å². The van der Waals surface area contributed by atoms with Gasteiger partial charge in [-0.2, -0.15) is 0 Å². The van der Waals surface area contributed by atoms with Crippen molar-refractivity contribution >= 4 is 18.3 Å². The van der Waals surface area contributed by atoms with Gasteiger partial charge in [0, 0.05) is 31.1 Å². The Morgan fingerprint density at radius 2 is 2.08 bits per heavy atom. The Labute approximate surface area is 152 Å². The minimum absolute atomic E-state index is 0.123. The Kier molecular flexibility index (Phi) is 5.27. The summed E-state index contributed by atoms with van der Waals surface area (Å²) in [6, 6.07) is 7.78. The Morgan fingerprint density at radius 1 is 1.35 bits per heavy atom. The fourth-order valence-electron chi connectivity index (χ4n) is 3.08. The summed E-state index contributed by atoms with van der Waals surface area (Å²) in [6.45, 7) is 6.25. The third-order valence-corrected chi connectivity index (χ3v) is 4.26. The minimum atomic E-state index is -0.565. The highest BCUT2D eigenvalue weighted by molar-refractivity contribution is 6.46. The molecular formula is C19H23N5O2. The molecule has 136 valence electrons. The van der Waals surface area contributed by atoms with Crippen LogP contribution < -0.4 is 5.32 Å². The van der Waals surface area contributed by atoms with Gasteiger partial charge in [0.25, 0.3) is 5.91 Å². The minimum Gasteiger partial charge on any atom is -0.377 e. The van der Waals surface area contributed by atoms with E-state index >= 15 is 0 Å². The van der Waals surface area contributed by atoms with Gasteiger partial charge in [-0.3, -0.25) is 4.79 Å². The molecule has 1 spiro atoms. The number of carbonyl (C=O) groups excluding carboxylic acids is 1. The number of nitrogens with zero attached hydrogens (tertiary/aromatic N) is 4. The van der Waals surface area contributed by atoms with E-state index < -0.39 is 5.66 Å². The smallest absolute Gasteiger partial charge is 0.272 e. The van der Waals surface area contributed by atoms with Gasteiger partial charge in [0.2, 0.25) is 0 Å². The molecule has 2 aliphatic rings. The first-order valence-electron chi connectivity index (χ1n) is 8.53. The van der Waals surface area contributed by atoms with E-state index in [1.54, 1.807) is 13.4 Å². The van der Waals surface area contributed by atoms with Gasteiger partial charge in [-0.1, -0.05) is 12.1 Å². The van der Waals surface area contributed by atoms with E-state index in [1.807, 2.05) is 42.0 Å². The normalized spacial score (nSPS) is 21.6. The van der Waals surface area contributed by atoms with Crippen molar-refractivity contribution in [1.82, 2.24) is 14.9 Å². The van der Waals surface area contributed by atoms with E-state index in [-0.39, 0.29) is 5.91 Å². The van der Waals surface area contributed by atoms with E-state index in [9.17, 15) is 4.79 Å². The van der Waals surface area contributed by atoms with Crippen molar-refractivity contribution in [1.29, 1.82) is 0 Å². The molecule has 1 fully saturated rings. The SMILES string of the molecule is C=NC.Cc1cn(-c2ccc(C3=NC4(CCCOC4)NC3=O)cc2)cn1. The molecule has 0 radical (unpaired) electrons. The number of aromatic nitrogens is 2. The molecular weight excluding hydrogens is 330 g/mol. The standard InChI is InChI=1S/C17H18N4O2.C2H5N/c1-12-9-21(11-18-12)14-5-3-13(4-6-14)15-16(22)20-17(19-15)7-2-8-23-10-17;1-3-2/h3-6,9,11H,2,7-8,10H2,1H3,(H,20,22);1H2,2H3. The molecule has 1 aromatic heterocycles. The molecule has 0 saturated carbocycles. The number of nitrogens with one attached hydrogen (secondary N) is 1. The first-order valence-corrected chi connectivity index (χ1v) is 8.53. The van der Waals surface area contributed by atoms with Crippen molar-refractivity contribution in [2.24, 2.45) is 9.98 Å². The molecule has 1 unspecified atom stereocenters. The molecule has 2 aromatic rings. The molecule has 7 nitrogen and oxygen atoms in total. The third-order valence-electron chi connectivity index (χ3n) is 4.26. The number of imidazole rings is 1. The van der Waals surface area contributed by atoms with Gasteiger partial charge < -0.3 is 19.6 Å². The third kappa shape index (κ3) is 3.72. The predicted molar refractivity (Wildman–Crippen MR) is 101 cm³/mol. The molecule has 1 aromatic carbocycles. The number of rotatable bonds is 2. The molecule has 0 bridgehead atoms. The monoisotopic (exact) mass is 353 g/mol. The lowest BCUT2D eigenvalue weighted by Gasteiger charge is -2.30. The van der Waals surface area contributed by atoms with Crippen LogP contribution in [-0.4, -0.2) is 53.8 Å². The zero-order valence-electron chi connectivity index (χ0n) is 15.1. The number of aliphatic imine (C=N–C) groups is 2. The highest BCUT2D eigenvalue weighted by atomic mass is 16.5. The second-order valence-electron chi connectivity index (χ2n) is 6.39. The van der Waals surface area contributed by atoms with Crippen molar-refractivity contribution in [3.05, 3.63) is 48.0 Å². The number of hydrogen-bond donors (Lipinski definition) is 1. The fourth-order valence-corrected chi connectivity index (χ4v) is 3.08. The van der Waals surface area contributed by atoms with Crippen LogP contribution in [-0.2, 0) is 9.53 Å². The Balaban J connectivity index is 0.000000613. The van der Waals surface area contributed by atoms with Crippen molar-refractivity contribution in [3.63, 3.8) is 0 Å². The average Bonchev–Trinajstić information content (AvgIpc) is 3.20. The van der Waals surface area contributed by atoms with E-state index in [1.165, 1.54) is 0 Å². The number of carbonyl (C=O) groups is 1. The van der Waals surface area contributed by atoms with Gasteiger partial charge in [-0.15, -0.1) is 0 Å². The van der Waals surface area contributed by atoms with Crippen LogP contribution in [0.1, 0.15) is 24.1 Å². The summed E-state index contributed by atoms with van der Waals surface area (Å²) >= 11 is 0. The van der Waals surface area contributed by atoms with Gasteiger partial charge in [0.05, 0.1) is 18.6 Å². The summed E-state index contributed by atoms with van der Waals surface area (Å²) in [5.41, 5.74) is 2.72. The molecule has 26 heavy (non-hydrogen) atoms. The van der Waals surface area contributed by atoms with E-state index in [0.717, 1.165) is 36.4 Å². The van der Waals surface area contributed by atoms with Crippen molar-refractivity contribution in [3.8, 4) is 5.69 Å². The molecule has 1 amide bonds. The average molecular weight is 353 g/mol. The first kappa shape index (κ1) is 18.0. The summed E-state index contributed by atoms with van der Waals surface area (Å²) in [6.07, 6.45) is 5.48. The van der Waals surface area contributed by atoms with Crippen molar-refractivity contribution in [2.45, 2.75) is 25.4 Å². The first-order chi connectivity index (χ1) is 12.6. The summed E-state index contributed by atoms with van der Waals surface area (Å²) in [5.74, 6) is -0.123. The van der Waals surface area contributed by atoms with Crippen LogP contribution in [0.2, 0.25) is 0 Å². The Morgan fingerprint density at radius 3 is 2.65 bits per heavy atom. The lowest BCUT2D eigenvalue weighted by molar-refractivity contribution is -0.116. The second-order valence-corrected chi connectivity index (χ2v) is 6.39. The topological polar surface area (TPSA) is 80.9 Å². The predicted octanol–water partition coefficient (Wildman–Crippen LogP) is 1.92. The van der Waals surface area contributed by atoms with Crippen LogP contribution in [0.4, 0.5) is 0 Å². The Bertz CT molecular complexity index is 817. The van der Waals surface area contributed by atoms with Gasteiger partial charge >= 0.3 is 0 Å². The molecule has 1 atom stereocenters. The number of aryl methyl sites for hydroxylation is 1. The number of ether oxygens (including phenoxy) is 1. The number of hydrogen-bond acceptors (Lipinski definition) is 5. The van der Waals surface area contributed by atoms with E-state index in [4.69, 9.17) is 4.74 Å². The van der Waals surface area contributed by atoms with Crippen molar-refractivity contribution in [2.75, 3.05) is 20.3 Å². The van der Waals surface area contributed by atoms with Crippen LogP contribution in [0.3, 0.4) is 0 Å². The highest BCUT2D eigenvalue weighted by Crippen LogP contribution is 2.26. The maximum Gasteiger partial charge on any atom is 0.272 e. The summed E-state index contributed by atoms with van der Waals surface area (Å²) in [5, 5.41) is 2.98. The second kappa shape index (κ2) is 7.61. The van der Waals surface area contributed by atoms with E-state index in [0.29, 0.717) is 12.3 Å². The molecule has 1 N–H and O–H groups in total. The number of benzene rings is 1.